The maximum Gasteiger partial charge on any atom is 0.419 e. The van der Waals surface area contributed by atoms with Crippen molar-refractivity contribution in [1.82, 2.24) is 15.0 Å². The van der Waals surface area contributed by atoms with Crippen LogP contribution in [0.1, 0.15) is 38.9 Å². The smallest absolute Gasteiger partial charge is 0.361 e. The zero-order chi connectivity index (χ0) is 25.5. The number of nitrogens with zero attached hydrogens (tertiary/aromatic N) is 3. The minimum Gasteiger partial charge on any atom is -0.361 e. The number of carbonyl (C=O) groups excluding carboxylic acids is 1. The summed E-state index contributed by atoms with van der Waals surface area (Å²) in [4.78, 5) is 16.6. The molecule has 0 N–H and O–H groups in total. The van der Waals surface area contributed by atoms with Crippen molar-refractivity contribution >= 4 is 29.1 Å². The van der Waals surface area contributed by atoms with E-state index in [1.165, 1.54) is 6.07 Å². The van der Waals surface area contributed by atoms with E-state index in [1.807, 2.05) is 11.0 Å². The van der Waals surface area contributed by atoms with Crippen molar-refractivity contribution in [1.29, 1.82) is 0 Å². The van der Waals surface area contributed by atoms with E-state index in [2.05, 4.69) is 5.16 Å². The summed E-state index contributed by atoms with van der Waals surface area (Å²) in [6.07, 6.45) is -4.76. The highest BCUT2D eigenvalue weighted by Gasteiger charge is 2.40. The maximum absolute atomic E-state index is 14.1. The van der Waals surface area contributed by atoms with Gasteiger partial charge in [-0.15, -0.1) is 0 Å². The molecular weight excluding hydrogens is 509 g/mol. The van der Waals surface area contributed by atoms with Crippen LogP contribution < -0.4 is 0 Å². The number of aryl methyl sites for hydroxylation is 1. The SMILES string of the molecule is Cc1cc(C(=O)N2C[C@H](c3ccc(Cl)c(Cl)c3)[C@@H](N(C)Cc3ccc(C(F)(F)F)c(F)c3)C2)no1. The molecule has 1 amide bonds. The molecule has 5 nitrogen and oxygen atoms in total. The number of halogens is 6. The van der Waals surface area contributed by atoms with E-state index < -0.39 is 17.6 Å². The predicted molar refractivity (Wildman–Crippen MR) is 123 cm³/mol. The molecule has 0 saturated carbocycles. The Hall–Kier alpha value is -2.62. The van der Waals surface area contributed by atoms with Crippen molar-refractivity contribution in [3.63, 3.8) is 0 Å². The summed E-state index contributed by atoms with van der Waals surface area (Å²) in [7, 11) is 1.78. The monoisotopic (exact) mass is 529 g/mol. The van der Waals surface area contributed by atoms with Gasteiger partial charge in [0, 0.05) is 37.7 Å². The Morgan fingerprint density at radius 1 is 1.14 bits per heavy atom. The number of hydrogen-bond acceptors (Lipinski definition) is 4. The van der Waals surface area contributed by atoms with Crippen LogP contribution in [0, 0.1) is 12.7 Å². The van der Waals surface area contributed by atoms with Crippen LogP contribution in [-0.4, -0.2) is 47.0 Å². The lowest BCUT2D eigenvalue weighted by Gasteiger charge is -2.29. The Bertz CT molecular complexity index is 1250. The fourth-order valence-electron chi connectivity index (χ4n) is 4.39. The van der Waals surface area contributed by atoms with E-state index >= 15 is 0 Å². The molecule has 3 aromatic rings. The van der Waals surface area contributed by atoms with Gasteiger partial charge in [-0.25, -0.2) is 4.39 Å². The van der Waals surface area contributed by atoms with Crippen molar-refractivity contribution in [2.45, 2.75) is 31.6 Å². The fraction of sp³-hybridized carbons (Fsp3) is 0.333. The average Bonchev–Trinajstić information content (AvgIpc) is 3.41. The Balaban J connectivity index is 1.60. The lowest BCUT2D eigenvalue weighted by atomic mass is 9.93. The van der Waals surface area contributed by atoms with Gasteiger partial charge in [-0.2, -0.15) is 13.2 Å². The number of carbonyl (C=O) groups is 1. The largest absolute Gasteiger partial charge is 0.419 e. The summed E-state index contributed by atoms with van der Waals surface area (Å²) in [6, 6.07) is 9.44. The van der Waals surface area contributed by atoms with Crippen LogP contribution in [0.25, 0.3) is 0 Å². The van der Waals surface area contributed by atoms with Gasteiger partial charge >= 0.3 is 6.18 Å². The Labute approximate surface area is 209 Å². The maximum atomic E-state index is 14.1. The molecule has 0 aliphatic carbocycles. The molecule has 1 aromatic heterocycles. The lowest BCUT2D eigenvalue weighted by Crippen LogP contribution is -2.38. The number of alkyl halides is 3. The first kappa shape index (κ1) is 25.5. The van der Waals surface area contributed by atoms with Gasteiger partial charge in [0.1, 0.15) is 11.6 Å². The molecule has 0 bridgehead atoms. The van der Waals surface area contributed by atoms with Crippen molar-refractivity contribution < 1.29 is 26.9 Å². The number of hydrogen-bond donors (Lipinski definition) is 0. The summed E-state index contributed by atoms with van der Waals surface area (Å²) >= 11 is 12.3. The van der Waals surface area contributed by atoms with E-state index in [0.717, 1.165) is 17.7 Å². The first-order valence-electron chi connectivity index (χ1n) is 10.7. The molecule has 1 aliphatic heterocycles. The molecular formula is C24H21Cl2F4N3O2. The third-order valence-electron chi connectivity index (χ3n) is 6.13. The van der Waals surface area contributed by atoms with Crippen molar-refractivity contribution in [3.8, 4) is 0 Å². The zero-order valence-electron chi connectivity index (χ0n) is 18.7. The zero-order valence-corrected chi connectivity index (χ0v) is 20.3. The van der Waals surface area contributed by atoms with Gasteiger partial charge in [0.15, 0.2) is 5.69 Å². The predicted octanol–water partition coefficient (Wildman–Crippen LogP) is 6.19. The topological polar surface area (TPSA) is 49.6 Å². The quantitative estimate of drug-likeness (QED) is 0.370. The van der Waals surface area contributed by atoms with Crippen molar-refractivity contribution in [3.05, 3.63) is 86.5 Å². The Kier molecular flexibility index (Phi) is 7.13. The van der Waals surface area contributed by atoms with Crippen LogP contribution in [0.15, 0.2) is 47.0 Å². The second-order valence-electron chi connectivity index (χ2n) is 8.61. The summed E-state index contributed by atoms with van der Waals surface area (Å²) in [6.45, 7) is 2.52. The highest BCUT2D eigenvalue weighted by molar-refractivity contribution is 6.42. The van der Waals surface area contributed by atoms with E-state index in [9.17, 15) is 22.4 Å². The number of rotatable bonds is 5. The number of likely N-dealkylation sites (tertiary alicyclic amines) is 1. The number of benzene rings is 2. The highest BCUT2D eigenvalue weighted by atomic mass is 35.5. The molecule has 11 heteroatoms. The molecule has 186 valence electrons. The fourth-order valence-corrected chi connectivity index (χ4v) is 4.70. The van der Waals surface area contributed by atoms with Gasteiger partial charge in [0.25, 0.3) is 5.91 Å². The molecule has 2 aromatic carbocycles. The molecule has 4 rings (SSSR count). The van der Waals surface area contributed by atoms with Crippen molar-refractivity contribution in [2.75, 3.05) is 20.1 Å². The van der Waals surface area contributed by atoms with Crippen LogP contribution in [0.5, 0.6) is 0 Å². The molecule has 2 heterocycles. The standard InChI is InChI=1S/C24H21Cl2F4N3O2/c1-13-7-21(31-35-13)23(34)33-11-16(15-4-6-18(25)19(26)9-15)22(12-33)32(2)10-14-3-5-17(20(27)8-14)24(28,29)30/h3-9,16,22H,10-12H2,1-2H3/t16-,22+/m1/s1. The van der Waals surface area contributed by atoms with E-state index in [-0.39, 0.29) is 30.1 Å². The molecule has 2 atom stereocenters. The number of aromatic nitrogens is 1. The van der Waals surface area contributed by atoms with Gasteiger partial charge in [-0.05, 0) is 49.4 Å². The highest BCUT2D eigenvalue weighted by Crippen LogP contribution is 2.36. The first-order chi connectivity index (χ1) is 16.4. The second kappa shape index (κ2) is 9.79. The van der Waals surface area contributed by atoms with Gasteiger partial charge < -0.3 is 9.42 Å². The summed E-state index contributed by atoms with van der Waals surface area (Å²) in [5.41, 5.74) is 0.103. The molecule has 1 fully saturated rings. The van der Waals surface area contributed by atoms with E-state index in [1.54, 1.807) is 37.1 Å². The van der Waals surface area contributed by atoms with Crippen LogP contribution in [-0.2, 0) is 12.7 Å². The molecule has 0 radical (unpaired) electrons. The molecule has 35 heavy (non-hydrogen) atoms. The minimum atomic E-state index is -4.76. The summed E-state index contributed by atoms with van der Waals surface area (Å²) in [5.74, 6) is -1.31. The molecule has 0 spiro atoms. The summed E-state index contributed by atoms with van der Waals surface area (Å²) < 4.78 is 57.9. The average molecular weight is 530 g/mol. The third kappa shape index (κ3) is 5.47. The minimum absolute atomic E-state index is 0.169. The van der Waals surface area contributed by atoms with Crippen molar-refractivity contribution in [2.24, 2.45) is 0 Å². The molecule has 1 saturated heterocycles. The van der Waals surface area contributed by atoms with Crippen LogP contribution in [0.3, 0.4) is 0 Å². The van der Waals surface area contributed by atoms with E-state index in [0.29, 0.717) is 34.5 Å². The van der Waals surface area contributed by atoms with Gasteiger partial charge in [-0.3, -0.25) is 9.69 Å². The Morgan fingerprint density at radius 3 is 2.49 bits per heavy atom. The molecule has 1 aliphatic rings. The number of likely N-dealkylation sites (N-methyl/N-ethyl adjacent to an activating group) is 1. The van der Waals surface area contributed by atoms with Gasteiger partial charge in [0.2, 0.25) is 0 Å². The van der Waals surface area contributed by atoms with Gasteiger partial charge in [-0.1, -0.05) is 40.5 Å². The summed E-state index contributed by atoms with van der Waals surface area (Å²) in [5, 5.41) is 4.57. The molecule has 0 unspecified atom stereocenters. The second-order valence-corrected chi connectivity index (χ2v) is 9.42. The van der Waals surface area contributed by atoms with Crippen LogP contribution in [0.2, 0.25) is 10.0 Å². The van der Waals surface area contributed by atoms with Crippen LogP contribution in [0.4, 0.5) is 17.6 Å². The van der Waals surface area contributed by atoms with Gasteiger partial charge in [0.05, 0.1) is 15.6 Å². The third-order valence-corrected chi connectivity index (χ3v) is 6.87. The first-order valence-corrected chi connectivity index (χ1v) is 11.4. The number of amides is 1. The normalized spacial score (nSPS) is 18.5. The lowest BCUT2D eigenvalue weighted by molar-refractivity contribution is -0.140. The Morgan fingerprint density at radius 2 is 1.89 bits per heavy atom. The van der Waals surface area contributed by atoms with E-state index in [4.69, 9.17) is 27.7 Å². The van der Waals surface area contributed by atoms with Crippen LogP contribution >= 0.6 is 23.2 Å².